The van der Waals surface area contributed by atoms with E-state index in [2.05, 4.69) is 0 Å². The molecule has 5 heteroatoms. The largest absolute Gasteiger partial charge is 0.497 e. The van der Waals surface area contributed by atoms with Crippen LogP contribution in [0.25, 0.3) is 0 Å². The summed E-state index contributed by atoms with van der Waals surface area (Å²) in [4.78, 5) is 2.00. The molecule has 1 aromatic carbocycles. The maximum absolute atomic E-state index is 9.90. The molecule has 1 aliphatic rings. The number of aliphatic hydroxyl groups is 3. The molecular formula is C14H21NO4. The number of rotatable bonds is 4. The van der Waals surface area contributed by atoms with Crippen LogP contribution < -0.4 is 4.74 Å². The average molecular weight is 267 g/mol. The van der Waals surface area contributed by atoms with Crippen molar-refractivity contribution in [2.45, 2.75) is 31.2 Å². The fourth-order valence-corrected chi connectivity index (χ4v) is 2.49. The van der Waals surface area contributed by atoms with Crippen LogP contribution in [0.1, 0.15) is 12.0 Å². The van der Waals surface area contributed by atoms with E-state index in [0.29, 0.717) is 19.5 Å². The average Bonchev–Trinajstić information content (AvgIpc) is 2.44. The van der Waals surface area contributed by atoms with Crippen molar-refractivity contribution in [3.05, 3.63) is 29.8 Å². The molecule has 5 nitrogen and oxygen atoms in total. The van der Waals surface area contributed by atoms with Gasteiger partial charge < -0.3 is 20.1 Å². The Morgan fingerprint density at radius 1 is 1.26 bits per heavy atom. The minimum Gasteiger partial charge on any atom is -0.497 e. The maximum Gasteiger partial charge on any atom is 0.118 e. The van der Waals surface area contributed by atoms with Gasteiger partial charge in [0.05, 0.1) is 32.0 Å². The third-order valence-electron chi connectivity index (χ3n) is 3.70. The molecule has 106 valence electrons. The first-order valence-electron chi connectivity index (χ1n) is 6.49. The van der Waals surface area contributed by atoms with Crippen LogP contribution in [-0.4, -0.2) is 58.7 Å². The van der Waals surface area contributed by atoms with Gasteiger partial charge in [-0.3, -0.25) is 4.90 Å². The summed E-state index contributed by atoms with van der Waals surface area (Å²) in [6.07, 6.45) is -1.12. The summed E-state index contributed by atoms with van der Waals surface area (Å²) in [6.45, 7) is 1.14. The number of likely N-dealkylation sites (tertiary alicyclic amines) is 1. The van der Waals surface area contributed by atoms with Gasteiger partial charge in [-0.05, 0) is 24.1 Å². The van der Waals surface area contributed by atoms with Gasteiger partial charge in [-0.25, -0.2) is 0 Å². The molecule has 1 heterocycles. The highest BCUT2D eigenvalue weighted by Crippen LogP contribution is 2.21. The van der Waals surface area contributed by atoms with Crippen molar-refractivity contribution >= 4 is 0 Å². The third kappa shape index (κ3) is 3.25. The molecule has 1 saturated heterocycles. The summed E-state index contributed by atoms with van der Waals surface area (Å²) in [6, 6.07) is 7.29. The van der Waals surface area contributed by atoms with Gasteiger partial charge in [-0.15, -0.1) is 0 Å². The molecule has 0 saturated carbocycles. The fourth-order valence-electron chi connectivity index (χ4n) is 2.49. The van der Waals surface area contributed by atoms with Gasteiger partial charge in [0.1, 0.15) is 5.75 Å². The van der Waals surface area contributed by atoms with Crippen molar-refractivity contribution in [2.75, 3.05) is 20.3 Å². The second kappa shape index (κ2) is 6.34. The monoisotopic (exact) mass is 267 g/mol. The van der Waals surface area contributed by atoms with E-state index in [1.165, 1.54) is 0 Å². The topological polar surface area (TPSA) is 73.2 Å². The van der Waals surface area contributed by atoms with Crippen molar-refractivity contribution < 1.29 is 20.1 Å². The minimum absolute atomic E-state index is 0.158. The maximum atomic E-state index is 9.90. The standard InChI is InChI=1S/C14H21NO4/c1-19-11-4-2-10(3-5-11)8-15-7-6-13(17)14(18)12(15)9-16/h2-5,12-14,16-18H,6-9H2,1H3. The number of hydrogen-bond donors (Lipinski definition) is 3. The smallest absolute Gasteiger partial charge is 0.118 e. The molecular weight excluding hydrogens is 246 g/mol. The van der Waals surface area contributed by atoms with Crippen molar-refractivity contribution in [3.8, 4) is 5.75 Å². The number of nitrogens with zero attached hydrogens (tertiary/aromatic N) is 1. The predicted octanol–water partition coefficient (Wildman–Crippen LogP) is -0.0164. The van der Waals surface area contributed by atoms with E-state index >= 15 is 0 Å². The third-order valence-corrected chi connectivity index (χ3v) is 3.70. The summed E-state index contributed by atoms with van der Waals surface area (Å²) in [5.74, 6) is 0.802. The van der Waals surface area contributed by atoms with Crippen LogP contribution in [0, 0.1) is 0 Å². The molecule has 0 amide bonds. The van der Waals surface area contributed by atoms with E-state index in [1.54, 1.807) is 7.11 Å². The number of methoxy groups -OCH3 is 1. The van der Waals surface area contributed by atoms with Gasteiger partial charge in [0.2, 0.25) is 0 Å². The number of hydrogen-bond acceptors (Lipinski definition) is 5. The zero-order chi connectivity index (χ0) is 13.8. The summed E-state index contributed by atoms with van der Waals surface area (Å²) < 4.78 is 5.11. The molecule has 0 radical (unpaired) electrons. The Kier molecular flexibility index (Phi) is 4.76. The van der Waals surface area contributed by atoms with Gasteiger partial charge in [0.15, 0.2) is 0 Å². The van der Waals surface area contributed by atoms with Gasteiger partial charge in [-0.1, -0.05) is 12.1 Å². The number of ether oxygens (including phenoxy) is 1. The highest BCUT2D eigenvalue weighted by molar-refractivity contribution is 5.27. The molecule has 19 heavy (non-hydrogen) atoms. The molecule has 1 aliphatic heterocycles. The van der Waals surface area contributed by atoms with Gasteiger partial charge in [-0.2, -0.15) is 0 Å². The quantitative estimate of drug-likeness (QED) is 0.715. The van der Waals surface area contributed by atoms with E-state index in [0.717, 1.165) is 11.3 Å². The van der Waals surface area contributed by atoms with E-state index in [4.69, 9.17) is 4.74 Å². The molecule has 0 spiro atoms. The first kappa shape index (κ1) is 14.3. The van der Waals surface area contributed by atoms with Gasteiger partial charge in [0, 0.05) is 13.1 Å². The fraction of sp³-hybridized carbons (Fsp3) is 0.571. The highest BCUT2D eigenvalue weighted by atomic mass is 16.5. The normalized spacial score (nSPS) is 28.3. The lowest BCUT2D eigenvalue weighted by molar-refractivity contribution is -0.0920. The summed E-state index contributed by atoms with van der Waals surface area (Å²) in [5, 5.41) is 28.9. The molecule has 1 fully saturated rings. The SMILES string of the molecule is COc1ccc(CN2CCC(O)C(O)C2CO)cc1. The van der Waals surface area contributed by atoms with Crippen LogP contribution in [0.2, 0.25) is 0 Å². The highest BCUT2D eigenvalue weighted by Gasteiger charge is 2.35. The predicted molar refractivity (Wildman–Crippen MR) is 70.9 cm³/mol. The van der Waals surface area contributed by atoms with Crippen molar-refractivity contribution in [1.29, 1.82) is 0 Å². The zero-order valence-corrected chi connectivity index (χ0v) is 11.1. The minimum atomic E-state index is -0.892. The summed E-state index contributed by atoms with van der Waals surface area (Å²) >= 11 is 0. The van der Waals surface area contributed by atoms with Crippen molar-refractivity contribution in [1.82, 2.24) is 4.90 Å². The van der Waals surface area contributed by atoms with E-state index in [9.17, 15) is 15.3 Å². The first-order valence-corrected chi connectivity index (χ1v) is 6.49. The Bertz CT molecular complexity index is 395. The number of piperidine rings is 1. The van der Waals surface area contributed by atoms with Crippen LogP contribution in [0.3, 0.4) is 0 Å². The summed E-state index contributed by atoms with van der Waals surface area (Å²) in [7, 11) is 1.62. The van der Waals surface area contributed by atoms with E-state index in [-0.39, 0.29) is 6.61 Å². The Hall–Kier alpha value is -1.14. The lowest BCUT2D eigenvalue weighted by Crippen LogP contribution is -2.55. The Morgan fingerprint density at radius 2 is 1.95 bits per heavy atom. The second-order valence-electron chi connectivity index (χ2n) is 4.92. The number of benzene rings is 1. The summed E-state index contributed by atoms with van der Waals surface area (Å²) in [5.41, 5.74) is 1.09. The molecule has 3 N–H and O–H groups in total. The zero-order valence-electron chi connectivity index (χ0n) is 11.1. The van der Waals surface area contributed by atoms with Crippen LogP contribution in [0.4, 0.5) is 0 Å². The lowest BCUT2D eigenvalue weighted by atomic mass is 9.96. The van der Waals surface area contributed by atoms with Gasteiger partial charge in [0.25, 0.3) is 0 Å². The first-order chi connectivity index (χ1) is 9.15. The Balaban J connectivity index is 2.04. The van der Waals surface area contributed by atoms with E-state index in [1.807, 2.05) is 29.2 Å². The second-order valence-corrected chi connectivity index (χ2v) is 4.92. The van der Waals surface area contributed by atoms with Gasteiger partial charge >= 0.3 is 0 Å². The molecule has 3 unspecified atom stereocenters. The number of aliphatic hydroxyl groups excluding tert-OH is 3. The van der Waals surface area contributed by atoms with Crippen molar-refractivity contribution in [3.63, 3.8) is 0 Å². The van der Waals surface area contributed by atoms with Crippen LogP contribution in [-0.2, 0) is 6.54 Å². The molecule has 0 bridgehead atoms. The molecule has 2 rings (SSSR count). The van der Waals surface area contributed by atoms with Crippen LogP contribution in [0.15, 0.2) is 24.3 Å². The molecule has 0 aliphatic carbocycles. The Labute approximate surface area is 113 Å². The molecule has 0 aromatic heterocycles. The van der Waals surface area contributed by atoms with E-state index < -0.39 is 18.2 Å². The molecule has 1 aromatic rings. The Morgan fingerprint density at radius 3 is 2.53 bits per heavy atom. The van der Waals surface area contributed by atoms with Crippen molar-refractivity contribution in [2.24, 2.45) is 0 Å². The van der Waals surface area contributed by atoms with Crippen LogP contribution in [0.5, 0.6) is 5.75 Å². The van der Waals surface area contributed by atoms with Crippen LogP contribution >= 0.6 is 0 Å². The lowest BCUT2D eigenvalue weighted by Gasteiger charge is -2.40. The molecule has 3 atom stereocenters.